The van der Waals surface area contributed by atoms with Gasteiger partial charge in [-0.2, -0.15) is 0 Å². The van der Waals surface area contributed by atoms with Crippen LogP contribution in [0.2, 0.25) is 0 Å². The van der Waals surface area contributed by atoms with E-state index in [0.29, 0.717) is 33.9 Å². The van der Waals surface area contributed by atoms with Crippen LogP contribution in [0.4, 0.5) is 5.69 Å². The third kappa shape index (κ3) is 5.12. The zero-order chi connectivity index (χ0) is 22.3. The van der Waals surface area contributed by atoms with Crippen LogP contribution >= 0.6 is 24.0 Å². The normalized spacial score (nSPS) is 14.7. The molecule has 0 atom stereocenters. The topological polar surface area (TPSA) is 48.0 Å². The first-order valence-electron chi connectivity index (χ1n) is 9.97. The first-order chi connectivity index (χ1) is 15.7. The van der Waals surface area contributed by atoms with Crippen LogP contribution in [0.1, 0.15) is 5.56 Å². The third-order valence-corrected chi connectivity index (χ3v) is 5.97. The van der Waals surface area contributed by atoms with Gasteiger partial charge in [0.1, 0.15) is 19.0 Å². The van der Waals surface area contributed by atoms with Crippen molar-refractivity contribution in [1.82, 2.24) is 0 Å². The van der Waals surface area contributed by atoms with E-state index in [4.69, 9.17) is 26.4 Å². The van der Waals surface area contributed by atoms with E-state index >= 15 is 0 Å². The number of thiocarbonyl (C=S) groups is 1. The number of ether oxygens (including phenoxy) is 3. The fourth-order valence-electron chi connectivity index (χ4n) is 3.13. The summed E-state index contributed by atoms with van der Waals surface area (Å²) < 4.78 is 17.3. The zero-order valence-electron chi connectivity index (χ0n) is 17.4. The molecule has 0 aromatic heterocycles. The fraction of sp³-hybridized carbons (Fsp3) is 0.120. The summed E-state index contributed by atoms with van der Waals surface area (Å²) in [5, 5.41) is 0. The molecule has 1 aliphatic rings. The Hall–Kier alpha value is -3.29. The summed E-state index contributed by atoms with van der Waals surface area (Å²) in [6, 6.07) is 24.5. The van der Waals surface area contributed by atoms with Gasteiger partial charge >= 0.3 is 0 Å². The lowest BCUT2D eigenvalue weighted by Crippen LogP contribution is -2.27. The summed E-state index contributed by atoms with van der Waals surface area (Å²) in [4.78, 5) is 15.0. The summed E-state index contributed by atoms with van der Waals surface area (Å²) in [6.07, 6.45) is 1.84. The van der Waals surface area contributed by atoms with Gasteiger partial charge in [-0.1, -0.05) is 66.4 Å². The van der Waals surface area contributed by atoms with Crippen LogP contribution in [0.3, 0.4) is 0 Å². The fourth-order valence-corrected chi connectivity index (χ4v) is 4.43. The van der Waals surface area contributed by atoms with Crippen molar-refractivity contribution in [2.75, 3.05) is 25.2 Å². The van der Waals surface area contributed by atoms with E-state index in [-0.39, 0.29) is 5.91 Å². The van der Waals surface area contributed by atoms with Gasteiger partial charge in [0.05, 0.1) is 17.7 Å². The van der Waals surface area contributed by atoms with Gasteiger partial charge in [-0.15, -0.1) is 0 Å². The van der Waals surface area contributed by atoms with Gasteiger partial charge in [0.15, 0.2) is 15.8 Å². The first-order valence-corrected chi connectivity index (χ1v) is 11.2. The van der Waals surface area contributed by atoms with Crippen molar-refractivity contribution in [3.63, 3.8) is 0 Å². The zero-order valence-corrected chi connectivity index (χ0v) is 19.0. The summed E-state index contributed by atoms with van der Waals surface area (Å²) >= 11 is 6.72. The molecule has 7 heteroatoms. The number of anilines is 1. The number of hydrogen-bond acceptors (Lipinski definition) is 6. The van der Waals surface area contributed by atoms with Gasteiger partial charge in [-0.3, -0.25) is 9.69 Å². The average molecular weight is 464 g/mol. The summed E-state index contributed by atoms with van der Waals surface area (Å²) in [5.41, 5.74) is 1.67. The maximum atomic E-state index is 12.8. The Labute approximate surface area is 196 Å². The van der Waals surface area contributed by atoms with Gasteiger partial charge in [0, 0.05) is 0 Å². The van der Waals surface area contributed by atoms with Crippen LogP contribution in [0.15, 0.2) is 83.8 Å². The predicted octanol–water partition coefficient (Wildman–Crippen LogP) is 5.56. The minimum absolute atomic E-state index is 0.111. The Morgan fingerprint density at radius 3 is 2.25 bits per heavy atom. The van der Waals surface area contributed by atoms with Crippen LogP contribution in [0.25, 0.3) is 6.08 Å². The molecule has 3 aromatic rings. The number of para-hydroxylation sites is 3. The highest BCUT2D eigenvalue weighted by atomic mass is 32.2. The lowest BCUT2D eigenvalue weighted by atomic mass is 10.2. The molecule has 0 N–H and O–H groups in total. The van der Waals surface area contributed by atoms with Crippen molar-refractivity contribution in [2.45, 2.75) is 0 Å². The van der Waals surface area contributed by atoms with E-state index in [1.807, 2.05) is 84.9 Å². The van der Waals surface area contributed by atoms with E-state index in [1.54, 1.807) is 12.0 Å². The SMILES string of the molecule is COc1ccccc1OCCOc1ccc(C=C2SC(=S)N(c3ccccc3)C2=O)cc1. The van der Waals surface area contributed by atoms with Gasteiger partial charge in [-0.25, -0.2) is 0 Å². The van der Waals surface area contributed by atoms with Crippen LogP contribution in [0.5, 0.6) is 17.2 Å². The minimum Gasteiger partial charge on any atom is -0.493 e. The van der Waals surface area contributed by atoms with Crippen molar-refractivity contribution in [3.05, 3.63) is 89.3 Å². The number of carbonyl (C=O) groups is 1. The summed E-state index contributed by atoms with van der Waals surface area (Å²) in [6.45, 7) is 0.789. The van der Waals surface area contributed by atoms with Gasteiger partial charge < -0.3 is 14.2 Å². The number of nitrogens with zero attached hydrogens (tertiary/aromatic N) is 1. The summed E-state index contributed by atoms with van der Waals surface area (Å²) in [5.74, 6) is 1.99. The van der Waals surface area contributed by atoms with Crippen molar-refractivity contribution in [1.29, 1.82) is 0 Å². The molecule has 1 fully saturated rings. The van der Waals surface area contributed by atoms with E-state index in [2.05, 4.69) is 0 Å². The van der Waals surface area contributed by atoms with Crippen LogP contribution in [-0.4, -0.2) is 30.6 Å². The van der Waals surface area contributed by atoms with Crippen molar-refractivity contribution < 1.29 is 19.0 Å². The molecule has 162 valence electrons. The molecule has 0 spiro atoms. The number of methoxy groups -OCH3 is 1. The second-order valence-corrected chi connectivity index (χ2v) is 8.45. The molecule has 1 heterocycles. The molecule has 0 bridgehead atoms. The third-order valence-electron chi connectivity index (χ3n) is 4.66. The number of carbonyl (C=O) groups excluding carboxylic acids is 1. The molecule has 1 saturated heterocycles. The standard InChI is InChI=1S/C25H21NO4S2/c1-28-21-9-5-6-10-22(21)30-16-15-29-20-13-11-18(12-14-20)17-23-24(27)26(25(31)32-23)19-7-3-2-4-8-19/h2-14,17H,15-16H2,1H3. The highest BCUT2D eigenvalue weighted by Gasteiger charge is 2.33. The number of hydrogen-bond donors (Lipinski definition) is 0. The first kappa shape index (κ1) is 21.9. The molecule has 1 aliphatic heterocycles. The Morgan fingerprint density at radius 1 is 0.875 bits per heavy atom. The molecule has 1 amide bonds. The van der Waals surface area contributed by atoms with Gasteiger partial charge in [-0.05, 0) is 48.0 Å². The van der Waals surface area contributed by atoms with E-state index in [0.717, 1.165) is 17.0 Å². The molecule has 0 unspecified atom stereocenters. The Morgan fingerprint density at radius 2 is 1.53 bits per heavy atom. The van der Waals surface area contributed by atoms with E-state index < -0.39 is 0 Å². The number of amides is 1. The van der Waals surface area contributed by atoms with Crippen molar-refractivity contribution in [2.24, 2.45) is 0 Å². The molecule has 0 radical (unpaired) electrons. The smallest absolute Gasteiger partial charge is 0.270 e. The molecule has 4 rings (SSSR count). The second-order valence-electron chi connectivity index (χ2n) is 6.77. The molecule has 32 heavy (non-hydrogen) atoms. The molecule has 0 saturated carbocycles. The Balaban J connectivity index is 1.33. The lowest BCUT2D eigenvalue weighted by Gasteiger charge is -2.13. The maximum absolute atomic E-state index is 12.8. The number of benzene rings is 3. The quantitative estimate of drug-likeness (QED) is 0.248. The average Bonchev–Trinajstić information content (AvgIpc) is 3.11. The highest BCUT2D eigenvalue weighted by Crippen LogP contribution is 2.36. The second kappa shape index (κ2) is 10.3. The minimum atomic E-state index is -0.111. The van der Waals surface area contributed by atoms with Gasteiger partial charge in [0.2, 0.25) is 0 Å². The predicted molar refractivity (Wildman–Crippen MR) is 133 cm³/mol. The number of rotatable bonds is 8. The van der Waals surface area contributed by atoms with E-state index in [9.17, 15) is 4.79 Å². The monoisotopic (exact) mass is 463 g/mol. The highest BCUT2D eigenvalue weighted by molar-refractivity contribution is 8.27. The maximum Gasteiger partial charge on any atom is 0.270 e. The van der Waals surface area contributed by atoms with Crippen LogP contribution in [0, 0.1) is 0 Å². The molecular weight excluding hydrogens is 442 g/mol. The summed E-state index contributed by atoms with van der Waals surface area (Å²) in [7, 11) is 1.61. The van der Waals surface area contributed by atoms with Crippen molar-refractivity contribution >= 4 is 46.0 Å². The molecule has 3 aromatic carbocycles. The van der Waals surface area contributed by atoms with E-state index in [1.165, 1.54) is 11.8 Å². The van der Waals surface area contributed by atoms with Crippen LogP contribution in [-0.2, 0) is 4.79 Å². The Bertz CT molecular complexity index is 1130. The lowest BCUT2D eigenvalue weighted by molar-refractivity contribution is -0.113. The number of thioether (sulfide) groups is 1. The Kier molecular flexibility index (Phi) is 7.09. The van der Waals surface area contributed by atoms with Crippen molar-refractivity contribution in [3.8, 4) is 17.2 Å². The molecular formula is C25H21NO4S2. The molecule has 0 aliphatic carbocycles. The molecule has 5 nitrogen and oxygen atoms in total. The van der Waals surface area contributed by atoms with Crippen LogP contribution < -0.4 is 19.1 Å². The van der Waals surface area contributed by atoms with Gasteiger partial charge in [0.25, 0.3) is 5.91 Å². The largest absolute Gasteiger partial charge is 0.493 e.